The largest absolute Gasteiger partial charge is 0.416 e. The molecular weight excluding hydrogens is 443 g/mol. The Morgan fingerprint density at radius 2 is 1.71 bits per heavy atom. The fourth-order valence-electron chi connectivity index (χ4n) is 4.61. The molecule has 1 spiro atoms. The summed E-state index contributed by atoms with van der Waals surface area (Å²) in [6.07, 6.45) is -2.22. The number of rotatable bonds is 4. The summed E-state index contributed by atoms with van der Waals surface area (Å²) in [5.41, 5.74) is 1.57. The molecule has 0 amide bonds. The maximum absolute atomic E-state index is 13.0. The molecule has 3 aromatic carbocycles. The van der Waals surface area contributed by atoms with E-state index in [2.05, 4.69) is 36.2 Å². The normalized spacial score (nSPS) is 25.4. The summed E-state index contributed by atoms with van der Waals surface area (Å²) in [5.74, 6) is -0.827. The van der Waals surface area contributed by atoms with Gasteiger partial charge in [0.05, 0.1) is 12.2 Å². The second kappa shape index (κ2) is 9.06. The van der Waals surface area contributed by atoms with Crippen LogP contribution >= 0.6 is 0 Å². The third-order valence-corrected chi connectivity index (χ3v) is 6.63. The van der Waals surface area contributed by atoms with Crippen molar-refractivity contribution in [3.05, 3.63) is 84.4 Å². The van der Waals surface area contributed by atoms with Crippen molar-refractivity contribution < 1.29 is 27.7 Å². The van der Waals surface area contributed by atoms with Gasteiger partial charge in [-0.2, -0.15) is 13.2 Å². The van der Waals surface area contributed by atoms with E-state index in [0.717, 1.165) is 34.0 Å². The van der Waals surface area contributed by atoms with Gasteiger partial charge in [0.2, 0.25) is 5.79 Å². The SMILES string of the molecule is C=C(c1ccc2ccccc2c1)C1COC2(CCC(Nc3cccc(C(F)(F)F)c3)CC2)OO1. The van der Waals surface area contributed by atoms with Crippen LogP contribution in [-0.2, 0) is 20.7 Å². The molecule has 1 N–H and O–H groups in total. The van der Waals surface area contributed by atoms with Crippen LogP contribution in [0, 0.1) is 0 Å². The van der Waals surface area contributed by atoms with Crippen LogP contribution in [0.3, 0.4) is 0 Å². The molecule has 2 aliphatic rings. The van der Waals surface area contributed by atoms with Gasteiger partial charge in [-0.3, -0.25) is 0 Å². The Balaban J connectivity index is 1.16. The van der Waals surface area contributed by atoms with Crippen LogP contribution in [0.15, 0.2) is 73.3 Å². The lowest BCUT2D eigenvalue weighted by Crippen LogP contribution is -2.49. The highest BCUT2D eigenvalue weighted by atomic mass is 19.4. The molecule has 0 bridgehead atoms. The van der Waals surface area contributed by atoms with E-state index in [-0.39, 0.29) is 6.04 Å². The van der Waals surface area contributed by atoms with Crippen LogP contribution in [0.2, 0.25) is 0 Å². The van der Waals surface area contributed by atoms with Gasteiger partial charge < -0.3 is 10.1 Å². The summed E-state index contributed by atoms with van der Waals surface area (Å²) in [6.45, 7) is 4.53. The topological polar surface area (TPSA) is 39.7 Å². The highest BCUT2D eigenvalue weighted by Crippen LogP contribution is 2.39. The monoisotopic (exact) mass is 469 g/mol. The number of benzene rings is 3. The number of fused-ring (bicyclic) bond motifs is 1. The van der Waals surface area contributed by atoms with E-state index in [0.29, 0.717) is 38.0 Å². The van der Waals surface area contributed by atoms with Crippen molar-refractivity contribution in [3.63, 3.8) is 0 Å². The molecule has 1 saturated heterocycles. The predicted octanol–water partition coefficient (Wildman–Crippen LogP) is 6.97. The Morgan fingerprint density at radius 3 is 2.41 bits per heavy atom. The van der Waals surface area contributed by atoms with Crippen molar-refractivity contribution in [1.82, 2.24) is 0 Å². The molecule has 2 fully saturated rings. The molecule has 0 radical (unpaired) electrons. The molecule has 34 heavy (non-hydrogen) atoms. The Bertz CT molecular complexity index is 1170. The van der Waals surface area contributed by atoms with Crippen molar-refractivity contribution in [2.45, 2.75) is 49.8 Å². The molecule has 3 aromatic rings. The minimum absolute atomic E-state index is 0.0339. The molecule has 1 atom stereocenters. The van der Waals surface area contributed by atoms with Crippen molar-refractivity contribution in [2.24, 2.45) is 0 Å². The molecule has 178 valence electrons. The minimum Gasteiger partial charge on any atom is -0.382 e. The second-order valence-electron chi connectivity index (χ2n) is 8.97. The lowest BCUT2D eigenvalue weighted by molar-refractivity contribution is -0.483. The number of nitrogens with one attached hydrogen (secondary N) is 1. The standard InChI is InChI=1S/C27H26F3NO3/c1-18(20-10-9-19-5-2-3-6-21(19)15-20)25-17-32-26(34-33-25)13-11-23(12-14-26)31-24-8-4-7-22(16-24)27(28,29)30/h2-10,15-16,23,25,31H,1,11-14,17H2. The Morgan fingerprint density at radius 1 is 0.941 bits per heavy atom. The third-order valence-electron chi connectivity index (χ3n) is 6.63. The highest BCUT2D eigenvalue weighted by Gasteiger charge is 2.43. The first-order valence-electron chi connectivity index (χ1n) is 11.4. The van der Waals surface area contributed by atoms with Gasteiger partial charge in [-0.1, -0.05) is 49.0 Å². The van der Waals surface area contributed by atoms with Gasteiger partial charge >= 0.3 is 6.18 Å². The van der Waals surface area contributed by atoms with E-state index in [4.69, 9.17) is 14.5 Å². The van der Waals surface area contributed by atoms with Gasteiger partial charge in [0.25, 0.3) is 0 Å². The summed E-state index contributed by atoms with van der Waals surface area (Å²) >= 11 is 0. The molecule has 4 nitrogen and oxygen atoms in total. The molecule has 1 aliphatic carbocycles. The summed E-state index contributed by atoms with van der Waals surface area (Å²) in [4.78, 5) is 11.5. The molecule has 1 saturated carbocycles. The van der Waals surface area contributed by atoms with Crippen molar-refractivity contribution in [3.8, 4) is 0 Å². The molecule has 0 aromatic heterocycles. The van der Waals surface area contributed by atoms with Gasteiger partial charge in [0.15, 0.2) is 0 Å². The molecular formula is C27H26F3NO3. The van der Waals surface area contributed by atoms with E-state index >= 15 is 0 Å². The quantitative estimate of drug-likeness (QED) is 0.419. The molecule has 1 aliphatic heterocycles. The van der Waals surface area contributed by atoms with Crippen molar-refractivity contribution in [1.29, 1.82) is 0 Å². The van der Waals surface area contributed by atoms with E-state index < -0.39 is 23.6 Å². The number of halogens is 3. The van der Waals surface area contributed by atoms with Gasteiger partial charge in [0.1, 0.15) is 6.10 Å². The van der Waals surface area contributed by atoms with Gasteiger partial charge in [0, 0.05) is 24.6 Å². The smallest absolute Gasteiger partial charge is 0.382 e. The average molecular weight is 470 g/mol. The van der Waals surface area contributed by atoms with Crippen molar-refractivity contribution >= 4 is 22.0 Å². The lowest BCUT2D eigenvalue weighted by Gasteiger charge is -2.43. The average Bonchev–Trinajstić information content (AvgIpc) is 2.85. The van der Waals surface area contributed by atoms with Crippen LogP contribution in [0.25, 0.3) is 16.3 Å². The van der Waals surface area contributed by atoms with E-state index in [1.165, 1.54) is 6.07 Å². The number of hydrogen-bond acceptors (Lipinski definition) is 4. The fourth-order valence-corrected chi connectivity index (χ4v) is 4.61. The zero-order valence-corrected chi connectivity index (χ0v) is 18.6. The molecule has 7 heteroatoms. The maximum Gasteiger partial charge on any atom is 0.416 e. The summed E-state index contributed by atoms with van der Waals surface area (Å²) in [6, 6.07) is 19.6. The van der Waals surface area contributed by atoms with Crippen LogP contribution in [0.4, 0.5) is 18.9 Å². The molecule has 1 heterocycles. The zero-order chi connectivity index (χ0) is 23.8. The van der Waals surface area contributed by atoms with Crippen LogP contribution < -0.4 is 5.32 Å². The van der Waals surface area contributed by atoms with E-state index in [9.17, 15) is 13.2 Å². The number of anilines is 1. The number of hydrogen-bond donors (Lipinski definition) is 1. The number of ether oxygens (including phenoxy) is 1. The van der Waals surface area contributed by atoms with Gasteiger partial charge in [-0.05, 0) is 59.0 Å². The van der Waals surface area contributed by atoms with Gasteiger partial charge in [-0.25, -0.2) is 9.78 Å². The Labute approximate surface area is 196 Å². The number of alkyl halides is 3. The Hall–Kier alpha value is -2.87. The first kappa shape index (κ1) is 22.9. The molecule has 5 rings (SSSR count). The van der Waals surface area contributed by atoms with Crippen LogP contribution in [0.1, 0.15) is 36.8 Å². The zero-order valence-electron chi connectivity index (χ0n) is 18.6. The van der Waals surface area contributed by atoms with E-state index in [1.54, 1.807) is 6.07 Å². The fraction of sp³-hybridized carbons (Fsp3) is 0.333. The maximum atomic E-state index is 13.0. The minimum atomic E-state index is -4.36. The Kier molecular flexibility index (Phi) is 6.10. The lowest BCUT2D eigenvalue weighted by atomic mass is 9.89. The summed E-state index contributed by atoms with van der Waals surface area (Å²) < 4.78 is 45.0. The summed E-state index contributed by atoms with van der Waals surface area (Å²) in [7, 11) is 0. The van der Waals surface area contributed by atoms with Crippen molar-refractivity contribution in [2.75, 3.05) is 11.9 Å². The first-order chi connectivity index (χ1) is 16.3. The summed E-state index contributed by atoms with van der Waals surface area (Å²) in [5, 5.41) is 5.50. The second-order valence-corrected chi connectivity index (χ2v) is 8.97. The van der Waals surface area contributed by atoms with Crippen LogP contribution in [-0.4, -0.2) is 24.5 Å². The first-order valence-corrected chi connectivity index (χ1v) is 11.4. The third kappa shape index (κ3) is 4.82. The van der Waals surface area contributed by atoms with E-state index in [1.807, 2.05) is 18.2 Å². The van der Waals surface area contributed by atoms with Crippen LogP contribution in [0.5, 0.6) is 0 Å². The predicted molar refractivity (Wildman–Crippen MR) is 125 cm³/mol. The molecule has 1 unspecified atom stereocenters. The van der Waals surface area contributed by atoms with Gasteiger partial charge in [-0.15, -0.1) is 0 Å². The highest BCUT2D eigenvalue weighted by molar-refractivity contribution is 5.86.